The Kier molecular flexibility index (Phi) is 4.82. The molecule has 1 unspecified atom stereocenters. The van der Waals surface area contributed by atoms with E-state index in [9.17, 15) is 0 Å². The van der Waals surface area contributed by atoms with Gasteiger partial charge in [0, 0.05) is 63.7 Å². The molecule has 0 aliphatic carbocycles. The van der Waals surface area contributed by atoms with Crippen LogP contribution in [0.1, 0.15) is 36.7 Å². The van der Waals surface area contributed by atoms with Crippen LogP contribution in [0.2, 0.25) is 0 Å². The monoisotopic (exact) mass is 317 g/mol. The molecule has 0 fully saturated rings. The molecule has 0 spiro atoms. The van der Waals surface area contributed by atoms with Crippen LogP contribution in [0.15, 0.2) is 18.7 Å². The van der Waals surface area contributed by atoms with Crippen LogP contribution < -0.4 is 0 Å². The number of rotatable bonds is 6. The third-order valence-electron chi connectivity index (χ3n) is 4.24. The van der Waals surface area contributed by atoms with E-state index in [1.165, 1.54) is 17.0 Å². The molecule has 2 aromatic rings. The highest BCUT2D eigenvalue weighted by molar-refractivity contribution is 5.22. The van der Waals surface area contributed by atoms with Crippen LogP contribution in [0, 0.1) is 5.92 Å². The minimum Gasteiger partial charge on any atom is -0.380 e. The van der Waals surface area contributed by atoms with Gasteiger partial charge in [-0.1, -0.05) is 13.8 Å². The quantitative estimate of drug-likeness (QED) is 0.817. The van der Waals surface area contributed by atoms with Crippen LogP contribution >= 0.6 is 0 Å². The average Bonchev–Trinajstić information content (AvgIpc) is 3.05. The summed E-state index contributed by atoms with van der Waals surface area (Å²) in [6.45, 7) is 8.74. The zero-order chi connectivity index (χ0) is 16.4. The first kappa shape index (κ1) is 16.2. The van der Waals surface area contributed by atoms with Gasteiger partial charge in [-0.15, -0.1) is 0 Å². The van der Waals surface area contributed by atoms with Crippen LogP contribution in [-0.4, -0.2) is 44.0 Å². The molecule has 23 heavy (non-hydrogen) atoms. The van der Waals surface area contributed by atoms with Crippen molar-refractivity contribution in [3.8, 4) is 0 Å². The predicted molar refractivity (Wildman–Crippen MR) is 88.9 cm³/mol. The minimum absolute atomic E-state index is 0.377. The maximum absolute atomic E-state index is 5.93. The molecule has 6 nitrogen and oxygen atoms in total. The minimum atomic E-state index is 0.377. The lowest BCUT2D eigenvalue weighted by Gasteiger charge is -2.32. The van der Waals surface area contributed by atoms with Gasteiger partial charge in [0.05, 0.1) is 24.8 Å². The summed E-state index contributed by atoms with van der Waals surface area (Å²) < 4.78 is 9.94. The Morgan fingerprint density at radius 1 is 1.35 bits per heavy atom. The summed E-state index contributed by atoms with van der Waals surface area (Å²) in [5.41, 5.74) is 3.76. The van der Waals surface area contributed by atoms with E-state index < -0.39 is 0 Å². The molecule has 6 heteroatoms. The molecule has 0 saturated heterocycles. The van der Waals surface area contributed by atoms with Crippen molar-refractivity contribution in [3.05, 3.63) is 35.7 Å². The number of hydrogen-bond acceptors (Lipinski definition) is 4. The van der Waals surface area contributed by atoms with Crippen molar-refractivity contribution in [1.82, 2.24) is 24.2 Å². The normalized spacial score (nSPS) is 18.6. The van der Waals surface area contributed by atoms with Crippen LogP contribution in [-0.2, 0) is 31.9 Å². The Morgan fingerprint density at radius 2 is 2.17 bits per heavy atom. The van der Waals surface area contributed by atoms with Gasteiger partial charge in [-0.25, -0.2) is 4.98 Å². The smallest absolute Gasteiger partial charge is 0.0949 e. The molecule has 0 bridgehead atoms. The largest absolute Gasteiger partial charge is 0.380 e. The van der Waals surface area contributed by atoms with Crippen molar-refractivity contribution in [2.75, 3.05) is 19.8 Å². The number of hydrogen-bond donors (Lipinski definition) is 0. The van der Waals surface area contributed by atoms with E-state index in [0.29, 0.717) is 11.8 Å². The highest BCUT2D eigenvalue weighted by atomic mass is 16.5. The second kappa shape index (κ2) is 6.84. The first-order chi connectivity index (χ1) is 11.0. The van der Waals surface area contributed by atoms with Gasteiger partial charge in [-0.2, -0.15) is 5.10 Å². The van der Waals surface area contributed by atoms with E-state index in [1.54, 1.807) is 0 Å². The SMILES string of the molecule is CC(C)COCC1CN(Cc2cnn(C)c2)Cc2ncn(C)c21. The number of imidazole rings is 1. The van der Waals surface area contributed by atoms with Gasteiger partial charge in [0.15, 0.2) is 0 Å². The number of ether oxygens (including phenoxy) is 1. The molecular formula is C17H27N5O. The van der Waals surface area contributed by atoms with Crippen molar-refractivity contribution in [1.29, 1.82) is 0 Å². The van der Waals surface area contributed by atoms with E-state index in [2.05, 4.69) is 46.6 Å². The third-order valence-corrected chi connectivity index (χ3v) is 4.24. The van der Waals surface area contributed by atoms with Crippen LogP contribution in [0.25, 0.3) is 0 Å². The van der Waals surface area contributed by atoms with E-state index in [-0.39, 0.29) is 0 Å². The molecule has 126 valence electrons. The molecule has 0 radical (unpaired) electrons. The second-order valence-electron chi connectivity index (χ2n) is 7.01. The first-order valence-corrected chi connectivity index (χ1v) is 8.30. The zero-order valence-electron chi connectivity index (χ0n) is 14.6. The van der Waals surface area contributed by atoms with Gasteiger partial charge in [0.2, 0.25) is 0 Å². The molecule has 2 aromatic heterocycles. The average molecular weight is 317 g/mol. The molecule has 1 aliphatic rings. The molecule has 0 aromatic carbocycles. The molecule has 0 amide bonds. The molecular weight excluding hydrogens is 290 g/mol. The van der Waals surface area contributed by atoms with Gasteiger partial charge in [-0.05, 0) is 5.92 Å². The lowest BCUT2D eigenvalue weighted by atomic mass is 9.98. The van der Waals surface area contributed by atoms with Crippen molar-refractivity contribution < 1.29 is 4.74 Å². The standard InChI is InChI=1S/C17H27N5O/c1-13(2)10-23-11-15-8-22(7-14-5-19-21(4)6-14)9-16-17(15)20(3)12-18-16/h5-6,12-13,15H,7-11H2,1-4H3. The summed E-state index contributed by atoms with van der Waals surface area (Å²) in [7, 11) is 4.04. The second-order valence-corrected chi connectivity index (χ2v) is 7.01. The van der Waals surface area contributed by atoms with Crippen LogP contribution in [0.4, 0.5) is 0 Å². The number of aryl methyl sites for hydroxylation is 2. The van der Waals surface area contributed by atoms with Crippen molar-refractivity contribution in [2.24, 2.45) is 20.0 Å². The lowest BCUT2D eigenvalue weighted by molar-refractivity contribution is 0.0769. The maximum Gasteiger partial charge on any atom is 0.0949 e. The molecule has 1 aliphatic heterocycles. The van der Waals surface area contributed by atoms with Crippen molar-refractivity contribution in [3.63, 3.8) is 0 Å². The summed E-state index contributed by atoms with van der Waals surface area (Å²) in [6.07, 6.45) is 5.95. The summed E-state index contributed by atoms with van der Waals surface area (Å²) in [5.74, 6) is 0.942. The van der Waals surface area contributed by atoms with E-state index in [4.69, 9.17) is 4.74 Å². The summed E-state index contributed by atoms with van der Waals surface area (Å²) in [5, 5.41) is 4.26. The third kappa shape index (κ3) is 3.82. The zero-order valence-corrected chi connectivity index (χ0v) is 14.6. The summed E-state index contributed by atoms with van der Waals surface area (Å²) in [4.78, 5) is 7.03. The Morgan fingerprint density at radius 3 is 2.87 bits per heavy atom. The molecule has 3 heterocycles. The van der Waals surface area contributed by atoms with Gasteiger partial charge in [0.25, 0.3) is 0 Å². The topological polar surface area (TPSA) is 48.1 Å². The fraction of sp³-hybridized carbons (Fsp3) is 0.647. The Hall–Kier alpha value is -1.66. The van der Waals surface area contributed by atoms with Gasteiger partial charge >= 0.3 is 0 Å². The predicted octanol–water partition coefficient (Wildman–Crippen LogP) is 1.93. The molecule has 1 atom stereocenters. The molecule has 3 rings (SSSR count). The lowest BCUT2D eigenvalue weighted by Crippen LogP contribution is -2.36. The van der Waals surface area contributed by atoms with Gasteiger partial charge < -0.3 is 9.30 Å². The fourth-order valence-corrected chi connectivity index (χ4v) is 3.32. The number of fused-ring (bicyclic) bond motifs is 1. The highest BCUT2D eigenvalue weighted by Gasteiger charge is 2.29. The van der Waals surface area contributed by atoms with Gasteiger partial charge in [0.1, 0.15) is 0 Å². The summed E-state index contributed by atoms with van der Waals surface area (Å²) >= 11 is 0. The molecule has 0 saturated carbocycles. The number of aromatic nitrogens is 4. The highest BCUT2D eigenvalue weighted by Crippen LogP contribution is 2.28. The number of nitrogens with zero attached hydrogens (tertiary/aromatic N) is 5. The summed E-state index contributed by atoms with van der Waals surface area (Å²) in [6, 6.07) is 0. The Bertz CT molecular complexity index is 645. The van der Waals surface area contributed by atoms with Crippen LogP contribution in [0.3, 0.4) is 0 Å². The van der Waals surface area contributed by atoms with E-state index in [0.717, 1.165) is 32.8 Å². The van der Waals surface area contributed by atoms with Crippen molar-refractivity contribution in [2.45, 2.75) is 32.9 Å². The molecule has 0 N–H and O–H groups in total. The fourth-order valence-electron chi connectivity index (χ4n) is 3.32. The van der Waals surface area contributed by atoms with Crippen LogP contribution in [0.5, 0.6) is 0 Å². The Labute approximate surface area is 138 Å². The van der Waals surface area contributed by atoms with Crippen molar-refractivity contribution >= 4 is 0 Å². The van der Waals surface area contributed by atoms with E-state index >= 15 is 0 Å². The first-order valence-electron chi connectivity index (χ1n) is 8.30. The maximum atomic E-state index is 5.93. The Balaban J connectivity index is 1.71. The van der Waals surface area contributed by atoms with Gasteiger partial charge in [-0.3, -0.25) is 9.58 Å². The van der Waals surface area contributed by atoms with E-state index in [1.807, 2.05) is 24.3 Å².